The second kappa shape index (κ2) is 14.5. The molecule has 0 unspecified atom stereocenters. The first-order chi connectivity index (χ1) is 26.6. The van der Waals surface area contributed by atoms with Gasteiger partial charge in [-0.2, -0.15) is 5.26 Å². The van der Waals surface area contributed by atoms with E-state index in [9.17, 15) is 5.26 Å². The maximum atomic E-state index is 9.31. The third kappa shape index (κ3) is 5.92. The number of hydrogen-bond acceptors (Lipinski definition) is 4. The summed E-state index contributed by atoms with van der Waals surface area (Å²) in [5, 5.41) is 14.1. The molecule has 0 amide bonds. The van der Waals surface area contributed by atoms with E-state index in [2.05, 4.69) is 112 Å². The molecule has 0 aliphatic heterocycles. The summed E-state index contributed by atoms with van der Waals surface area (Å²) in [5.74, 6) is 1.41. The van der Waals surface area contributed by atoms with Gasteiger partial charge in [0, 0.05) is 38.4 Å². The average Bonchev–Trinajstić information content (AvgIpc) is 3.77. The Balaban J connectivity index is 0.00000203. The lowest BCUT2D eigenvalue weighted by Crippen LogP contribution is -2.01. The van der Waals surface area contributed by atoms with Crippen molar-refractivity contribution in [2.24, 2.45) is 0 Å². The molecule has 0 fully saturated rings. The summed E-state index contributed by atoms with van der Waals surface area (Å²) in [4.78, 5) is 15.3. The highest BCUT2D eigenvalue weighted by atomic mass is 15.1. The van der Waals surface area contributed by atoms with Crippen LogP contribution in [0.5, 0.6) is 0 Å². The molecule has 0 saturated heterocycles. The van der Waals surface area contributed by atoms with Gasteiger partial charge in [0.1, 0.15) is 5.82 Å². The summed E-state index contributed by atoms with van der Waals surface area (Å²) in [5.41, 5.74) is 10.3. The zero-order chi connectivity index (χ0) is 37.2. The first-order valence-corrected chi connectivity index (χ1v) is 18.3. The minimum Gasteiger partial charge on any atom is -0.309 e. The van der Waals surface area contributed by atoms with Crippen molar-refractivity contribution in [2.75, 3.05) is 0 Å². The largest absolute Gasteiger partial charge is 0.309 e. The number of aromatic nitrogens is 5. The molecule has 9 rings (SSSR count). The van der Waals surface area contributed by atoms with Crippen molar-refractivity contribution in [3.8, 4) is 40.4 Å². The fraction of sp³-hybridized carbons (Fsp3) is 0.0833. The lowest BCUT2D eigenvalue weighted by Gasteiger charge is -2.12. The normalized spacial score (nSPS) is 11.9. The lowest BCUT2D eigenvalue weighted by molar-refractivity contribution is 1.07. The highest BCUT2D eigenvalue weighted by molar-refractivity contribution is 6.26. The molecule has 5 aromatic carbocycles. The van der Waals surface area contributed by atoms with Gasteiger partial charge in [-0.1, -0.05) is 117 Å². The smallest absolute Gasteiger partial charge is 0.160 e. The molecule has 0 aliphatic carbocycles. The number of benzene rings is 5. The second-order valence-electron chi connectivity index (χ2n) is 12.9. The van der Waals surface area contributed by atoms with Gasteiger partial charge in [0.25, 0.3) is 0 Å². The zero-order valence-electron chi connectivity index (χ0n) is 30.7. The fourth-order valence-electron chi connectivity index (χ4n) is 7.16. The molecule has 0 saturated carbocycles. The number of nitrogens with zero attached hydrogens (tertiary/aromatic N) is 6. The Hall–Kier alpha value is -7.10. The highest BCUT2D eigenvalue weighted by Crippen LogP contribution is 2.41. The molecule has 0 bridgehead atoms. The molecule has 4 aromatic heterocycles. The predicted molar refractivity (Wildman–Crippen MR) is 224 cm³/mol. The quantitative estimate of drug-likeness (QED) is 0.128. The highest BCUT2D eigenvalue weighted by Gasteiger charge is 2.21. The summed E-state index contributed by atoms with van der Waals surface area (Å²) < 4.78 is 4.66. The van der Waals surface area contributed by atoms with Crippen molar-refractivity contribution in [1.82, 2.24) is 24.1 Å². The van der Waals surface area contributed by atoms with E-state index in [-0.39, 0.29) is 0 Å². The van der Waals surface area contributed by atoms with Gasteiger partial charge in [-0.15, -0.1) is 0 Å². The van der Waals surface area contributed by atoms with Gasteiger partial charge < -0.3 is 4.57 Å². The molecule has 0 radical (unpaired) electrons. The monoisotopic (exact) mass is 698 g/mol. The zero-order valence-corrected chi connectivity index (χ0v) is 30.7. The van der Waals surface area contributed by atoms with E-state index in [1.54, 1.807) is 6.92 Å². The van der Waals surface area contributed by atoms with E-state index in [4.69, 9.17) is 15.0 Å². The molecule has 260 valence electrons. The molecule has 0 spiro atoms. The SMILES string of the molecule is C/C(C#N)=C\C=C(/C)c1cc(-c2cccc(-n3c4ccccc4c4c3ccc3c5ccccc5n(-c5ccccc5)c34)n2)nc(-c2ccccc2)n1.CC. The van der Waals surface area contributed by atoms with E-state index < -0.39 is 0 Å². The van der Waals surface area contributed by atoms with Crippen molar-refractivity contribution in [3.05, 3.63) is 169 Å². The molecule has 9 aromatic rings. The van der Waals surface area contributed by atoms with E-state index in [1.165, 1.54) is 27.2 Å². The van der Waals surface area contributed by atoms with Gasteiger partial charge in [-0.05, 0) is 74.0 Å². The Bertz CT molecular complexity index is 2920. The van der Waals surface area contributed by atoms with Gasteiger partial charge in [-0.25, -0.2) is 15.0 Å². The van der Waals surface area contributed by atoms with Gasteiger partial charge in [0.05, 0.1) is 45.2 Å². The van der Waals surface area contributed by atoms with Crippen LogP contribution in [0.3, 0.4) is 0 Å². The fourth-order valence-corrected chi connectivity index (χ4v) is 7.16. The number of nitriles is 1. The summed E-state index contributed by atoms with van der Waals surface area (Å²) in [6, 6.07) is 52.6. The van der Waals surface area contributed by atoms with E-state index >= 15 is 0 Å². The van der Waals surface area contributed by atoms with Crippen LogP contribution in [0.2, 0.25) is 0 Å². The van der Waals surface area contributed by atoms with Gasteiger partial charge in [0.2, 0.25) is 0 Å². The Morgan fingerprint density at radius 3 is 1.98 bits per heavy atom. The van der Waals surface area contributed by atoms with Gasteiger partial charge in [0.15, 0.2) is 5.82 Å². The van der Waals surface area contributed by atoms with Crippen LogP contribution in [0, 0.1) is 11.3 Å². The van der Waals surface area contributed by atoms with Gasteiger partial charge >= 0.3 is 0 Å². The number of para-hydroxylation sites is 3. The molecule has 0 atom stereocenters. The summed E-state index contributed by atoms with van der Waals surface area (Å²) in [7, 11) is 0. The first kappa shape index (κ1) is 34.0. The maximum absolute atomic E-state index is 9.31. The summed E-state index contributed by atoms with van der Waals surface area (Å²) in [6.45, 7) is 7.79. The van der Waals surface area contributed by atoms with Crippen LogP contribution in [0.4, 0.5) is 0 Å². The van der Waals surface area contributed by atoms with Crippen LogP contribution in [0.15, 0.2) is 163 Å². The first-order valence-electron chi connectivity index (χ1n) is 18.3. The van der Waals surface area contributed by atoms with Crippen molar-refractivity contribution >= 4 is 49.2 Å². The molecule has 6 heteroatoms. The summed E-state index contributed by atoms with van der Waals surface area (Å²) in [6.07, 6.45) is 3.74. The maximum Gasteiger partial charge on any atom is 0.160 e. The Labute approximate surface area is 314 Å². The average molecular weight is 699 g/mol. The number of allylic oxidation sites excluding steroid dienone is 4. The Morgan fingerprint density at radius 2 is 1.24 bits per heavy atom. The molecule has 6 nitrogen and oxygen atoms in total. The molecular formula is C48H38N6. The number of pyridine rings is 1. The van der Waals surface area contributed by atoms with Crippen LogP contribution < -0.4 is 0 Å². The number of fused-ring (bicyclic) bond motifs is 7. The van der Waals surface area contributed by atoms with E-state index in [0.717, 1.165) is 50.4 Å². The third-order valence-corrected chi connectivity index (χ3v) is 9.63. The van der Waals surface area contributed by atoms with Crippen LogP contribution in [-0.4, -0.2) is 24.1 Å². The minimum absolute atomic E-state index is 0.613. The van der Waals surface area contributed by atoms with Crippen LogP contribution in [-0.2, 0) is 0 Å². The van der Waals surface area contributed by atoms with E-state index in [0.29, 0.717) is 17.1 Å². The van der Waals surface area contributed by atoms with Crippen LogP contribution in [0.25, 0.3) is 83.5 Å². The van der Waals surface area contributed by atoms with Crippen molar-refractivity contribution in [1.29, 1.82) is 5.26 Å². The van der Waals surface area contributed by atoms with Crippen molar-refractivity contribution in [3.63, 3.8) is 0 Å². The predicted octanol–water partition coefficient (Wildman–Crippen LogP) is 12.3. The Kier molecular flexibility index (Phi) is 9.13. The molecule has 54 heavy (non-hydrogen) atoms. The van der Waals surface area contributed by atoms with Crippen molar-refractivity contribution in [2.45, 2.75) is 27.7 Å². The van der Waals surface area contributed by atoms with Crippen molar-refractivity contribution < 1.29 is 0 Å². The topological polar surface area (TPSA) is 72.3 Å². The number of rotatable bonds is 6. The molecule has 0 N–H and O–H groups in total. The molecule has 0 aliphatic rings. The Morgan fingerprint density at radius 1 is 0.574 bits per heavy atom. The number of hydrogen-bond donors (Lipinski definition) is 0. The van der Waals surface area contributed by atoms with Gasteiger partial charge in [-0.3, -0.25) is 4.57 Å². The second-order valence-corrected chi connectivity index (χ2v) is 12.9. The van der Waals surface area contributed by atoms with E-state index in [1.807, 2.05) is 81.5 Å². The minimum atomic E-state index is 0.613. The van der Waals surface area contributed by atoms with Crippen LogP contribution >= 0.6 is 0 Å². The lowest BCUT2D eigenvalue weighted by atomic mass is 10.1. The molecular weight excluding hydrogens is 661 g/mol. The standard InChI is InChI=1S/C46H32N6.C2H6/c1-30(29-47)24-25-31(2)38-28-39(50-46(49-38)32-14-5-3-6-15-32)37-20-13-23-43(48-37)52-41-22-12-10-19-36(41)44-42(52)27-26-35-34-18-9-11-21-40(34)51(45(35)44)33-16-7-4-8-17-33;1-2/h3-28H,1-2H3;1-2H3/b30-24+,31-25+;. The molecule has 4 heterocycles. The third-order valence-electron chi connectivity index (χ3n) is 9.63. The summed E-state index contributed by atoms with van der Waals surface area (Å²) >= 11 is 0. The van der Waals surface area contributed by atoms with Crippen LogP contribution in [0.1, 0.15) is 33.4 Å².